The van der Waals surface area contributed by atoms with Crippen LogP contribution in [-0.4, -0.2) is 27.7 Å². The van der Waals surface area contributed by atoms with Gasteiger partial charge >= 0.3 is 5.97 Å². The Bertz CT molecular complexity index is 708. The molecule has 0 bridgehead atoms. The van der Waals surface area contributed by atoms with E-state index in [2.05, 4.69) is 25.7 Å². The molecule has 0 aliphatic heterocycles. The standard InChI is InChI=1S/C11H9BrN2O4/c1-14-5-3-4-6(12)13-8(5)9(15)7(10(14)16)11(17)18-2/h3-4,15H,1-2H3. The molecule has 0 aromatic carbocycles. The van der Waals surface area contributed by atoms with Crippen LogP contribution in [0.3, 0.4) is 0 Å². The highest BCUT2D eigenvalue weighted by Crippen LogP contribution is 2.26. The van der Waals surface area contributed by atoms with Crippen LogP contribution >= 0.6 is 15.9 Å². The van der Waals surface area contributed by atoms with Crippen molar-refractivity contribution in [3.8, 4) is 5.75 Å². The Hall–Kier alpha value is -1.89. The molecule has 0 spiro atoms. The van der Waals surface area contributed by atoms with Crippen LogP contribution in [-0.2, 0) is 11.8 Å². The van der Waals surface area contributed by atoms with Crippen molar-refractivity contribution in [1.29, 1.82) is 0 Å². The molecule has 2 heterocycles. The summed E-state index contributed by atoms with van der Waals surface area (Å²) in [6, 6.07) is 3.26. The predicted octanol–water partition coefficient (Wildman–Crippen LogP) is 1.19. The average Bonchev–Trinajstić information content (AvgIpc) is 2.36. The van der Waals surface area contributed by atoms with Crippen molar-refractivity contribution in [1.82, 2.24) is 9.55 Å². The first kappa shape index (κ1) is 12.6. The first-order chi connectivity index (χ1) is 8.47. The Morgan fingerprint density at radius 1 is 1.50 bits per heavy atom. The van der Waals surface area contributed by atoms with E-state index in [-0.39, 0.29) is 5.52 Å². The molecule has 0 saturated heterocycles. The van der Waals surface area contributed by atoms with Crippen LogP contribution < -0.4 is 5.56 Å². The van der Waals surface area contributed by atoms with Crippen molar-refractivity contribution in [3.63, 3.8) is 0 Å². The highest BCUT2D eigenvalue weighted by atomic mass is 79.9. The zero-order valence-electron chi connectivity index (χ0n) is 9.60. The molecule has 0 saturated carbocycles. The smallest absolute Gasteiger partial charge is 0.347 e. The number of esters is 1. The molecular weight excluding hydrogens is 304 g/mol. The summed E-state index contributed by atoms with van der Waals surface area (Å²) in [5.41, 5.74) is -0.464. The monoisotopic (exact) mass is 312 g/mol. The normalized spacial score (nSPS) is 10.6. The molecule has 1 N–H and O–H groups in total. The number of aryl methyl sites for hydroxylation is 1. The van der Waals surface area contributed by atoms with Gasteiger partial charge in [0.2, 0.25) is 0 Å². The van der Waals surface area contributed by atoms with Gasteiger partial charge in [0.15, 0.2) is 11.3 Å². The third-order valence-corrected chi connectivity index (χ3v) is 3.01. The number of rotatable bonds is 1. The van der Waals surface area contributed by atoms with Crippen molar-refractivity contribution >= 4 is 32.9 Å². The molecular formula is C11H9BrN2O4. The van der Waals surface area contributed by atoms with Crippen LogP contribution in [0.2, 0.25) is 0 Å². The lowest BCUT2D eigenvalue weighted by molar-refractivity contribution is 0.0595. The van der Waals surface area contributed by atoms with Crippen molar-refractivity contribution in [2.24, 2.45) is 7.05 Å². The van der Waals surface area contributed by atoms with Gasteiger partial charge in [-0.3, -0.25) is 4.79 Å². The van der Waals surface area contributed by atoms with Gasteiger partial charge in [-0.1, -0.05) is 0 Å². The number of aromatic hydroxyl groups is 1. The van der Waals surface area contributed by atoms with Gasteiger partial charge < -0.3 is 14.4 Å². The number of ether oxygens (including phenoxy) is 1. The molecule has 0 radical (unpaired) electrons. The summed E-state index contributed by atoms with van der Waals surface area (Å²) >= 11 is 3.16. The van der Waals surface area contributed by atoms with E-state index < -0.39 is 22.8 Å². The minimum absolute atomic E-state index is 0.159. The summed E-state index contributed by atoms with van der Waals surface area (Å²) in [6.07, 6.45) is 0. The van der Waals surface area contributed by atoms with Gasteiger partial charge in [0.1, 0.15) is 10.1 Å². The third kappa shape index (κ3) is 1.76. The number of carbonyl (C=O) groups excluding carboxylic acids is 1. The number of halogens is 1. The molecule has 0 amide bonds. The fraction of sp³-hybridized carbons (Fsp3) is 0.182. The minimum atomic E-state index is -0.892. The molecule has 0 atom stereocenters. The Morgan fingerprint density at radius 3 is 2.78 bits per heavy atom. The summed E-state index contributed by atoms with van der Waals surface area (Å²) in [5, 5.41) is 9.98. The van der Waals surface area contributed by atoms with E-state index in [1.165, 1.54) is 11.6 Å². The van der Waals surface area contributed by atoms with Crippen LogP contribution in [0.4, 0.5) is 0 Å². The zero-order chi connectivity index (χ0) is 13.4. The van der Waals surface area contributed by atoms with Crippen LogP contribution in [0.15, 0.2) is 21.5 Å². The molecule has 7 heteroatoms. The maximum atomic E-state index is 12.0. The lowest BCUT2D eigenvalue weighted by Gasteiger charge is -2.09. The van der Waals surface area contributed by atoms with Gasteiger partial charge in [0, 0.05) is 7.05 Å². The molecule has 0 fully saturated rings. The van der Waals surface area contributed by atoms with Crippen molar-refractivity contribution in [2.75, 3.05) is 7.11 Å². The maximum Gasteiger partial charge on any atom is 0.347 e. The Balaban J connectivity index is 2.98. The number of hydrogen-bond donors (Lipinski definition) is 1. The van der Waals surface area contributed by atoms with Gasteiger partial charge in [-0.25, -0.2) is 9.78 Å². The molecule has 0 unspecified atom stereocenters. The fourth-order valence-electron chi connectivity index (χ4n) is 1.66. The number of carbonyl (C=O) groups is 1. The summed E-state index contributed by atoms with van der Waals surface area (Å²) in [5.74, 6) is -1.36. The Labute approximate surface area is 110 Å². The van der Waals surface area contributed by atoms with Crippen LogP contribution in [0.25, 0.3) is 11.0 Å². The first-order valence-electron chi connectivity index (χ1n) is 4.94. The van der Waals surface area contributed by atoms with Crippen LogP contribution in [0.5, 0.6) is 5.75 Å². The molecule has 6 nitrogen and oxygen atoms in total. The number of methoxy groups -OCH3 is 1. The van der Waals surface area contributed by atoms with Crippen molar-refractivity contribution in [2.45, 2.75) is 0 Å². The van der Waals surface area contributed by atoms with E-state index in [1.54, 1.807) is 12.1 Å². The predicted molar refractivity (Wildman–Crippen MR) is 67.7 cm³/mol. The highest BCUT2D eigenvalue weighted by molar-refractivity contribution is 9.10. The number of pyridine rings is 2. The Morgan fingerprint density at radius 2 is 2.17 bits per heavy atom. The molecule has 0 aliphatic rings. The average molecular weight is 313 g/mol. The van der Waals surface area contributed by atoms with Gasteiger partial charge in [-0.2, -0.15) is 0 Å². The van der Waals surface area contributed by atoms with E-state index in [0.29, 0.717) is 10.1 Å². The van der Waals surface area contributed by atoms with Crippen LogP contribution in [0.1, 0.15) is 10.4 Å². The van der Waals surface area contributed by atoms with Crippen molar-refractivity contribution < 1.29 is 14.6 Å². The largest absolute Gasteiger partial charge is 0.505 e. The van der Waals surface area contributed by atoms with E-state index in [0.717, 1.165) is 7.11 Å². The van der Waals surface area contributed by atoms with Gasteiger partial charge in [0.05, 0.1) is 12.6 Å². The van der Waals surface area contributed by atoms with E-state index in [9.17, 15) is 14.7 Å². The maximum absolute atomic E-state index is 12.0. The second-order valence-corrected chi connectivity index (χ2v) is 4.39. The first-order valence-corrected chi connectivity index (χ1v) is 5.73. The number of nitrogens with zero attached hydrogens (tertiary/aromatic N) is 2. The number of hydrogen-bond acceptors (Lipinski definition) is 5. The molecule has 2 rings (SSSR count). The molecule has 2 aromatic rings. The van der Waals surface area contributed by atoms with E-state index >= 15 is 0 Å². The minimum Gasteiger partial charge on any atom is -0.505 e. The molecule has 94 valence electrons. The van der Waals surface area contributed by atoms with E-state index in [1.807, 2.05) is 0 Å². The quantitative estimate of drug-likeness (QED) is 0.632. The lowest BCUT2D eigenvalue weighted by atomic mass is 10.2. The molecule has 18 heavy (non-hydrogen) atoms. The summed E-state index contributed by atoms with van der Waals surface area (Å²) < 4.78 is 6.20. The zero-order valence-corrected chi connectivity index (χ0v) is 11.2. The fourth-order valence-corrected chi connectivity index (χ4v) is 1.97. The van der Waals surface area contributed by atoms with Gasteiger partial charge in [-0.05, 0) is 28.1 Å². The second-order valence-electron chi connectivity index (χ2n) is 3.58. The second kappa shape index (κ2) is 4.41. The summed E-state index contributed by atoms with van der Waals surface area (Å²) in [7, 11) is 2.63. The summed E-state index contributed by atoms with van der Waals surface area (Å²) in [6.45, 7) is 0. The molecule has 2 aromatic heterocycles. The van der Waals surface area contributed by atoms with Crippen LogP contribution in [0, 0.1) is 0 Å². The highest BCUT2D eigenvalue weighted by Gasteiger charge is 2.22. The summed E-state index contributed by atoms with van der Waals surface area (Å²) in [4.78, 5) is 27.5. The lowest BCUT2D eigenvalue weighted by Crippen LogP contribution is -2.25. The Kier molecular flexibility index (Phi) is 3.08. The van der Waals surface area contributed by atoms with Gasteiger partial charge in [0.25, 0.3) is 5.56 Å². The number of fused-ring (bicyclic) bond motifs is 1. The van der Waals surface area contributed by atoms with Gasteiger partial charge in [-0.15, -0.1) is 0 Å². The van der Waals surface area contributed by atoms with Crippen molar-refractivity contribution in [3.05, 3.63) is 32.7 Å². The SMILES string of the molecule is COC(=O)c1c(O)c2nc(Br)ccc2n(C)c1=O. The van der Waals surface area contributed by atoms with E-state index in [4.69, 9.17) is 0 Å². The number of aromatic nitrogens is 2. The third-order valence-electron chi connectivity index (χ3n) is 2.57. The topological polar surface area (TPSA) is 81.4 Å². The molecule has 0 aliphatic carbocycles.